The second kappa shape index (κ2) is 6.76. The molecule has 124 valence electrons. The van der Waals surface area contributed by atoms with Gasteiger partial charge >= 0.3 is 0 Å². The SMILES string of the molecule is CCN1CCCC1CNC(=O)c1cc(Cl)cc2c1OCC(=O)N2. The van der Waals surface area contributed by atoms with E-state index in [-0.39, 0.29) is 18.4 Å². The van der Waals surface area contributed by atoms with Crippen molar-refractivity contribution >= 4 is 29.1 Å². The van der Waals surface area contributed by atoms with Crippen LogP contribution in [0.4, 0.5) is 5.69 Å². The highest BCUT2D eigenvalue weighted by atomic mass is 35.5. The summed E-state index contributed by atoms with van der Waals surface area (Å²) in [4.78, 5) is 26.3. The molecular weight excluding hydrogens is 318 g/mol. The predicted octanol–water partition coefficient (Wildman–Crippen LogP) is 1.88. The average Bonchev–Trinajstić information content (AvgIpc) is 2.98. The molecule has 23 heavy (non-hydrogen) atoms. The fraction of sp³-hybridized carbons (Fsp3) is 0.500. The number of likely N-dealkylation sites (N-methyl/N-ethyl adjacent to an activating group) is 1. The monoisotopic (exact) mass is 337 g/mol. The lowest BCUT2D eigenvalue weighted by Gasteiger charge is -2.24. The number of ether oxygens (including phenoxy) is 1. The van der Waals surface area contributed by atoms with Gasteiger partial charge in [0.2, 0.25) is 0 Å². The number of nitrogens with zero attached hydrogens (tertiary/aromatic N) is 1. The first-order valence-corrected chi connectivity index (χ1v) is 8.24. The quantitative estimate of drug-likeness (QED) is 0.880. The van der Waals surface area contributed by atoms with Crippen LogP contribution in [0.15, 0.2) is 12.1 Å². The standard InChI is InChI=1S/C16H20ClN3O3/c1-2-20-5-3-4-11(20)8-18-16(22)12-6-10(17)7-13-15(12)23-9-14(21)19-13/h6-7,11H,2-5,8-9H2,1H3,(H,18,22)(H,19,21). The number of fused-ring (bicyclic) bond motifs is 1. The van der Waals surface area contributed by atoms with E-state index in [4.69, 9.17) is 16.3 Å². The van der Waals surface area contributed by atoms with Crippen LogP contribution in [0.2, 0.25) is 5.02 Å². The van der Waals surface area contributed by atoms with Crippen LogP contribution < -0.4 is 15.4 Å². The smallest absolute Gasteiger partial charge is 0.262 e. The average molecular weight is 338 g/mol. The molecule has 6 nitrogen and oxygen atoms in total. The van der Waals surface area contributed by atoms with E-state index in [0.717, 1.165) is 25.9 Å². The maximum Gasteiger partial charge on any atom is 0.262 e. The van der Waals surface area contributed by atoms with Crippen molar-refractivity contribution in [2.24, 2.45) is 0 Å². The second-order valence-corrected chi connectivity index (χ2v) is 6.24. The Labute approximate surface area is 140 Å². The zero-order valence-corrected chi connectivity index (χ0v) is 13.8. The van der Waals surface area contributed by atoms with E-state index >= 15 is 0 Å². The highest BCUT2D eigenvalue weighted by Crippen LogP contribution is 2.34. The summed E-state index contributed by atoms with van der Waals surface area (Å²) >= 11 is 6.05. The fourth-order valence-corrected chi connectivity index (χ4v) is 3.40. The van der Waals surface area contributed by atoms with Crippen LogP contribution in [0.1, 0.15) is 30.1 Å². The van der Waals surface area contributed by atoms with E-state index in [1.807, 2.05) is 0 Å². The Morgan fingerprint density at radius 2 is 2.35 bits per heavy atom. The Kier molecular flexibility index (Phi) is 4.73. The van der Waals surface area contributed by atoms with E-state index in [1.165, 1.54) is 0 Å². The lowest BCUT2D eigenvalue weighted by molar-refractivity contribution is -0.118. The van der Waals surface area contributed by atoms with Crippen LogP contribution in [0, 0.1) is 0 Å². The molecule has 2 aliphatic rings. The van der Waals surface area contributed by atoms with Gasteiger partial charge in [-0.25, -0.2) is 0 Å². The van der Waals surface area contributed by atoms with Gasteiger partial charge < -0.3 is 15.4 Å². The Morgan fingerprint density at radius 3 is 3.13 bits per heavy atom. The van der Waals surface area contributed by atoms with Gasteiger partial charge in [-0.05, 0) is 38.1 Å². The number of halogens is 1. The van der Waals surface area contributed by atoms with Gasteiger partial charge in [-0.3, -0.25) is 14.5 Å². The molecule has 0 bridgehead atoms. The third-order valence-corrected chi connectivity index (χ3v) is 4.54. The van der Waals surface area contributed by atoms with Crippen LogP contribution in [-0.2, 0) is 4.79 Å². The molecule has 2 aliphatic heterocycles. The molecule has 1 fully saturated rings. The number of anilines is 1. The number of rotatable bonds is 4. The van der Waals surface area contributed by atoms with Gasteiger partial charge in [0, 0.05) is 17.6 Å². The summed E-state index contributed by atoms with van der Waals surface area (Å²) in [6, 6.07) is 3.53. The molecule has 1 atom stereocenters. The third-order valence-electron chi connectivity index (χ3n) is 4.32. The van der Waals surface area contributed by atoms with E-state index in [2.05, 4.69) is 22.5 Å². The number of carbonyl (C=O) groups is 2. The first-order chi connectivity index (χ1) is 11.1. The Hall–Kier alpha value is -1.79. The van der Waals surface area contributed by atoms with Crippen molar-refractivity contribution in [3.8, 4) is 5.75 Å². The molecule has 2 N–H and O–H groups in total. The Morgan fingerprint density at radius 1 is 1.52 bits per heavy atom. The van der Waals surface area contributed by atoms with E-state index in [0.29, 0.717) is 34.6 Å². The number of amides is 2. The number of carbonyl (C=O) groups excluding carboxylic acids is 2. The minimum Gasteiger partial charge on any atom is -0.481 e. The molecule has 1 saturated heterocycles. The zero-order chi connectivity index (χ0) is 16.4. The summed E-state index contributed by atoms with van der Waals surface area (Å²) in [6.45, 7) is 4.70. The molecule has 2 amide bonds. The fourth-order valence-electron chi connectivity index (χ4n) is 3.18. The topological polar surface area (TPSA) is 70.7 Å². The zero-order valence-electron chi connectivity index (χ0n) is 13.0. The second-order valence-electron chi connectivity index (χ2n) is 5.80. The highest BCUT2D eigenvalue weighted by molar-refractivity contribution is 6.31. The van der Waals surface area contributed by atoms with Gasteiger partial charge in [-0.2, -0.15) is 0 Å². The molecule has 0 aliphatic carbocycles. The van der Waals surface area contributed by atoms with Crippen LogP contribution in [-0.4, -0.2) is 49.0 Å². The molecule has 0 radical (unpaired) electrons. The van der Waals surface area contributed by atoms with Crippen molar-refractivity contribution in [3.63, 3.8) is 0 Å². The maximum absolute atomic E-state index is 12.5. The van der Waals surface area contributed by atoms with Gasteiger partial charge in [-0.1, -0.05) is 18.5 Å². The first-order valence-electron chi connectivity index (χ1n) is 7.87. The van der Waals surface area contributed by atoms with Crippen LogP contribution in [0.3, 0.4) is 0 Å². The third kappa shape index (κ3) is 3.43. The van der Waals surface area contributed by atoms with Gasteiger partial charge in [0.1, 0.15) is 0 Å². The molecular formula is C16H20ClN3O3. The van der Waals surface area contributed by atoms with E-state index in [9.17, 15) is 9.59 Å². The summed E-state index contributed by atoms with van der Waals surface area (Å²) in [5.41, 5.74) is 0.795. The molecule has 0 aromatic heterocycles. The molecule has 1 aromatic rings. The molecule has 1 aromatic carbocycles. The maximum atomic E-state index is 12.5. The number of hydrogen-bond acceptors (Lipinski definition) is 4. The molecule has 0 saturated carbocycles. The van der Waals surface area contributed by atoms with Crippen LogP contribution in [0.25, 0.3) is 0 Å². The van der Waals surface area contributed by atoms with Crippen molar-refractivity contribution in [3.05, 3.63) is 22.7 Å². The minimum absolute atomic E-state index is 0.0961. The summed E-state index contributed by atoms with van der Waals surface area (Å²) in [5.74, 6) is -0.108. The van der Waals surface area contributed by atoms with Crippen molar-refractivity contribution < 1.29 is 14.3 Å². The summed E-state index contributed by atoms with van der Waals surface area (Å²) in [7, 11) is 0. The largest absolute Gasteiger partial charge is 0.481 e. The molecule has 3 rings (SSSR count). The van der Waals surface area contributed by atoms with Crippen molar-refractivity contribution in [2.45, 2.75) is 25.8 Å². The van der Waals surface area contributed by atoms with Gasteiger partial charge in [-0.15, -0.1) is 0 Å². The number of likely N-dealkylation sites (tertiary alicyclic amines) is 1. The molecule has 7 heteroatoms. The number of benzene rings is 1. The molecule has 1 unspecified atom stereocenters. The minimum atomic E-state index is -0.254. The van der Waals surface area contributed by atoms with Crippen molar-refractivity contribution in [1.82, 2.24) is 10.2 Å². The van der Waals surface area contributed by atoms with E-state index in [1.54, 1.807) is 12.1 Å². The number of nitrogens with one attached hydrogen (secondary N) is 2. The Bertz CT molecular complexity index is 635. The highest BCUT2D eigenvalue weighted by Gasteiger charge is 2.26. The van der Waals surface area contributed by atoms with E-state index < -0.39 is 0 Å². The summed E-state index contributed by atoms with van der Waals surface area (Å²) < 4.78 is 5.42. The van der Waals surface area contributed by atoms with Gasteiger partial charge in [0.25, 0.3) is 11.8 Å². The predicted molar refractivity (Wildman–Crippen MR) is 88.2 cm³/mol. The number of hydrogen-bond donors (Lipinski definition) is 2. The Balaban J connectivity index is 1.73. The molecule has 0 spiro atoms. The van der Waals surface area contributed by atoms with Gasteiger partial charge in [0.05, 0.1) is 11.3 Å². The van der Waals surface area contributed by atoms with Crippen molar-refractivity contribution in [1.29, 1.82) is 0 Å². The van der Waals surface area contributed by atoms with Crippen molar-refractivity contribution in [2.75, 3.05) is 31.6 Å². The molecule has 2 heterocycles. The van der Waals surface area contributed by atoms with Crippen LogP contribution >= 0.6 is 11.6 Å². The lowest BCUT2D eigenvalue weighted by Crippen LogP contribution is -2.40. The van der Waals surface area contributed by atoms with Gasteiger partial charge in [0.15, 0.2) is 12.4 Å². The summed E-state index contributed by atoms with van der Waals surface area (Å²) in [5, 5.41) is 6.02. The normalized spacial score (nSPS) is 20.6. The summed E-state index contributed by atoms with van der Waals surface area (Å²) in [6.07, 6.45) is 2.25. The van der Waals surface area contributed by atoms with Crippen LogP contribution in [0.5, 0.6) is 5.75 Å². The lowest BCUT2D eigenvalue weighted by atomic mass is 10.1. The first kappa shape index (κ1) is 16.1.